The Morgan fingerprint density at radius 2 is 2.24 bits per heavy atom. The molecule has 1 aromatic carbocycles. The van der Waals surface area contributed by atoms with Gasteiger partial charge in [-0.05, 0) is 24.6 Å². The molecule has 1 heterocycles. The number of carbonyl (C=O) groups excluding carboxylic acids is 1. The number of fused-ring (bicyclic) bond motifs is 1. The molecule has 0 aliphatic rings. The van der Waals surface area contributed by atoms with Crippen molar-refractivity contribution < 1.29 is 4.79 Å². The third-order valence-electron chi connectivity index (χ3n) is 3.40. The summed E-state index contributed by atoms with van der Waals surface area (Å²) >= 11 is 0. The fraction of sp³-hybridized carbons (Fsp3) is 0.500. The van der Waals surface area contributed by atoms with Gasteiger partial charge in [-0.3, -0.25) is 4.79 Å². The van der Waals surface area contributed by atoms with Crippen LogP contribution < -0.4 is 11.1 Å². The highest BCUT2D eigenvalue weighted by molar-refractivity contribution is 5.97. The van der Waals surface area contributed by atoms with E-state index in [0.29, 0.717) is 12.1 Å². The van der Waals surface area contributed by atoms with Crippen molar-refractivity contribution in [1.29, 1.82) is 0 Å². The molecule has 0 spiro atoms. The van der Waals surface area contributed by atoms with E-state index in [2.05, 4.69) is 22.6 Å². The summed E-state index contributed by atoms with van der Waals surface area (Å²) in [7, 11) is 1.82. The molecule has 2 aromatic rings. The number of unbranched alkanes of at least 4 members (excludes halogenated alkanes) is 1. The summed E-state index contributed by atoms with van der Waals surface area (Å²) in [4.78, 5) is 12.2. The molecule has 21 heavy (non-hydrogen) atoms. The minimum atomic E-state index is -0.107. The van der Waals surface area contributed by atoms with Crippen LogP contribution in [0.3, 0.4) is 0 Å². The highest BCUT2D eigenvalue weighted by Gasteiger charge is 2.13. The average molecular weight is 312 g/mol. The molecule has 0 aliphatic carbocycles. The highest BCUT2D eigenvalue weighted by Crippen LogP contribution is 2.12. The van der Waals surface area contributed by atoms with Crippen LogP contribution in [0.2, 0.25) is 0 Å². The summed E-state index contributed by atoms with van der Waals surface area (Å²) in [5, 5.41) is 10.9. The zero-order valence-corrected chi connectivity index (χ0v) is 13.2. The van der Waals surface area contributed by atoms with Gasteiger partial charge in [-0.25, -0.2) is 4.68 Å². The van der Waals surface area contributed by atoms with Crippen LogP contribution in [0.25, 0.3) is 11.0 Å². The Morgan fingerprint density at radius 1 is 1.48 bits per heavy atom. The number of hydrogen-bond acceptors (Lipinski definition) is 4. The zero-order chi connectivity index (χ0) is 14.5. The second-order valence-electron chi connectivity index (χ2n) is 4.96. The molecule has 0 saturated carbocycles. The zero-order valence-electron chi connectivity index (χ0n) is 12.4. The molecule has 0 aliphatic heterocycles. The van der Waals surface area contributed by atoms with Gasteiger partial charge in [0.2, 0.25) is 0 Å². The summed E-state index contributed by atoms with van der Waals surface area (Å²) in [6.07, 6.45) is 3.06. The van der Waals surface area contributed by atoms with E-state index in [9.17, 15) is 4.79 Å². The second-order valence-corrected chi connectivity index (χ2v) is 4.96. The molecule has 0 bridgehead atoms. The molecule has 116 valence electrons. The number of rotatable bonds is 6. The Labute approximate surface area is 130 Å². The molecule has 6 nitrogen and oxygen atoms in total. The lowest BCUT2D eigenvalue weighted by atomic mass is 10.1. The van der Waals surface area contributed by atoms with Gasteiger partial charge in [-0.2, -0.15) is 0 Å². The predicted molar refractivity (Wildman–Crippen MR) is 85.6 cm³/mol. The number of nitrogens with zero attached hydrogens (tertiary/aromatic N) is 3. The summed E-state index contributed by atoms with van der Waals surface area (Å²) in [5.41, 5.74) is 7.91. The van der Waals surface area contributed by atoms with E-state index in [-0.39, 0.29) is 24.4 Å². The summed E-state index contributed by atoms with van der Waals surface area (Å²) in [6, 6.07) is 5.42. The van der Waals surface area contributed by atoms with Crippen molar-refractivity contribution >= 4 is 29.3 Å². The molecule has 1 aromatic heterocycles. The van der Waals surface area contributed by atoms with Crippen LogP contribution in [0.1, 0.15) is 36.5 Å². The molecule has 7 heteroatoms. The third kappa shape index (κ3) is 4.15. The Kier molecular flexibility index (Phi) is 6.58. The van der Waals surface area contributed by atoms with E-state index in [0.717, 1.165) is 30.3 Å². The number of benzene rings is 1. The molecule has 0 radical (unpaired) electrons. The number of carbonyl (C=O) groups is 1. The van der Waals surface area contributed by atoms with Crippen molar-refractivity contribution in [3.05, 3.63) is 23.8 Å². The number of halogens is 1. The number of amides is 1. The van der Waals surface area contributed by atoms with Crippen LogP contribution in [0.4, 0.5) is 0 Å². The summed E-state index contributed by atoms with van der Waals surface area (Å²) in [5.74, 6) is -0.107. The highest BCUT2D eigenvalue weighted by atomic mass is 35.5. The average Bonchev–Trinajstić information content (AvgIpc) is 2.84. The SMILES string of the molecule is CCCCC(CN)NC(=O)c1ccc2c(c1)nnn2C.Cl. The quantitative estimate of drug-likeness (QED) is 0.849. The minimum Gasteiger partial charge on any atom is -0.348 e. The number of aromatic nitrogens is 3. The standard InChI is InChI=1S/C14H21N5O.ClH/c1-3-4-5-11(9-15)16-14(20)10-6-7-13-12(8-10)17-18-19(13)2;/h6-8,11H,3-5,9,15H2,1-2H3,(H,16,20);1H. The lowest BCUT2D eigenvalue weighted by Gasteiger charge is -2.16. The van der Waals surface area contributed by atoms with Crippen molar-refractivity contribution in [2.75, 3.05) is 6.54 Å². The largest absolute Gasteiger partial charge is 0.348 e. The Hall–Kier alpha value is -1.66. The fourth-order valence-corrected chi connectivity index (χ4v) is 2.15. The van der Waals surface area contributed by atoms with Gasteiger partial charge in [0, 0.05) is 25.2 Å². The van der Waals surface area contributed by atoms with Crippen LogP contribution in [-0.2, 0) is 7.05 Å². The van der Waals surface area contributed by atoms with Crippen molar-refractivity contribution in [3.8, 4) is 0 Å². The van der Waals surface area contributed by atoms with Gasteiger partial charge in [-0.15, -0.1) is 17.5 Å². The molecule has 2 rings (SSSR count). The molecule has 1 amide bonds. The van der Waals surface area contributed by atoms with Crippen LogP contribution in [0, 0.1) is 0 Å². The molecule has 1 atom stereocenters. The van der Waals surface area contributed by atoms with Crippen LogP contribution >= 0.6 is 12.4 Å². The van der Waals surface area contributed by atoms with E-state index >= 15 is 0 Å². The van der Waals surface area contributed by atoms with Gasteiger partial charge >= 0.3 is 0 Å². The van der Waals surface area contributed by atoms with Gasteiger partial charge in [0.1, 0.15) is 5.52 Å². The lowest BCUT2D eigenvalue weighted by molar-refractivity contribution is 0.0936. The monoisotopic (exact) mass is 311 g/mol. The predicted octanol–water partition coefficient (Wildman–Crippen LogP) is 1.64. The van der Waals surface area contributed by atoms with Crippen LogP contribution in [0.5, 0.6) is 0 Å². The maximum Gasteiger partial charge on any atom is 0.251 e. The smallest absolute Gasteiger partial charge is 0.251 e. The molecule has 0 fully saturated rings. The Morgan fingerprint density at radius 3 is 2.90 bits per heavy atom. The maximum absolute atomic E-state index is 12.2. The van der Waals surface area contributed by atoms with E-state index in [1.807, 2.05) is 13.1 Å². The van der Waals surface area contributed by atoms with Crippen molar-refractivity contribution in [3.63, 3.8) is 0 Å². The van der Waals surface area contributed by atoms with Crippen molar-refractivity contribution in [1.82, 2.24) is 20.3 Å². The fourth-order valence-electron chi connectivity index (χ4n) is 2.15. The first-order valence-electron chi connectivity index (χ1n) is 6.96. The number of nitrogens with one attached hydrogen (secondary N) is 1. The molecule has 3 N–H and O–H groups in total. The minimum absolute atomic E-state index is 0. The molecular weight excluding hydrogens is 290 g/mol. The third-order valence-corrected chi connectivity index (χ3v) is 3.40. The summed E-state index contributed by atoms with van der Waals surface area (Å²) in [6.45, 7) is 2.58. The van der Waals surface area contributed by atoms with Crippen molar-refractivity contribution in [2.45, 2.75) is 32.2 Å². The van der Waals surface area contributed by atoms with Crippen LogP contribution in [-0.4, -0.2) is 33.5 Å². The first-order chi connectivity index (χ1) is 9.65. The van der Waals surface area contributed by atoms with E-state index < -0.39 is 0 Å². The first-order valence-corrected chi connectivity index (χ1v) is 6.96. The molecule has 0 saturated heterocycles. The number of nitrogens with two attached hydrogens (primary N) is 1. The van der Waals surface area contributed by atoms with Gasteiger partial charge in [-0.1, -0.05) is 25.0 Å². The topological polar surface area (TPSA) is 85.8 Å². The molecule has 1 unspecified atom stereocenters. The molecular formula is C14H22ClN5O. The van der Waals surface area contributed by atoms with E-state index in [4.69, 9.17) is 5.73 Å². The van der Waals surface area contributed by atoms with Gasteiger partial charge < -0.3 is 11.1 Å². The summed E-state index contributed by atoms with van der Waals surface area (Å²) < 4.78 is 1.68. The van der Waals surface area contributed by atoms with Gasteiger partial charge in [0.25, 0.3) is 5.91 Å². The lowest BCUT2D eigenvalue weighted by Crippen LogP contribution is -2.40. The van der Waals surface area contributed by atoms with E-state index in [1.54, 1.807) is 16.8 Å². The number of aryl methyl sites for hydroxylation is 1. The van der Waals surface area contributed by atoms with Crippen LogP contribution in [0.15, 0.2) is 18.2 Å². The Balaban J connectivity index is 0.00000220. The maximum atomic E-state index is 12.2. The van der Waals surface area contributed by atoms with Crippen molar-refractivity contribution in [2.24, 2.45) is 12.8 Å². The first kappa shape index (κ1) is 17.4. The normalized spacial score (nSPS) is 12.0. The van der Waals surface area contributed by atoms with Gasteiger partial charge in [0.15, 0.2) is 0 Å². The van der Waals surface area contributed by atoms with E-state index in [1.165, 1.54) is 0 Å². The number of hydrogen-bond donors (Lipinski definition) is 2. The van der Waals surface area contributed by atoms with Gasteiger partial charge in [0.05, 0.1) is 5.52 Å². The second kappa shape index (κ2) is 7.95. The Bertz CT molecular complexity index is 598.